The van der Waals surface area contributed by atoms with Gasteiger partial charge in [0.15, 0.2) is 0 Å². The van der Waals surface area contributed by atoms with Crippen molar-refractivity contribution < 1.29 is 0 Å². The third-order valence-electron chi connectivity index (χ3n) is 14.0. The lowest BCUT2D eigenvalue weighted by molar-refractivity contribution is 0.172. The van der Waals surface area contributed by atoms with Gasteiger partial charge in [0.05, 0.1) is 92.3 Å². The van der Waals surface area contributed by atoms with E-state index in [9.17, 15) is 0 Å². The molecule has 9 aliphatic rings. The Morgan fingerprint density at radius 3 is 0.417 bits per heavy atom. The Bertz CT molecular complexity index is 941. The molecular weight excluding hydrogens is 780 g/mol. The molecule has 8 nitrogen and oxygen atoms in total. The van der Waals surface area contributed by atoms with Crippen LogP contribution in [0.1, 0.15) is 51.4 Å². The summed E-state index contributed by atoms with van der Waals surface area (Å²) in [6.45, 7) is 0. The van der Waals surface area contributed by atoms with E-state index in [1.54, 1.807) is 0 Å². The standard InChI is InChI=1S/C32H48Cl8N8/c33-17-1-9-10(2-18(17)34)26-41-25(9)45-27-11-3-19(35)20(36)4-12(11)29(42-27)47-31-15-7-23(39)24(40)8-16(15)32(44-31)48-30-14-6-22(38)21(37)5-13(14)28(43-30)46-26/h9-32,41-48H,1-8H2. The predicted octanol–water partition coefficient (Wildman–Crippen LogP) is 4.34. The quantitative estimate of drug-likeness (QED) is 0.171. The zero-order valence-electron chi connectivity index (χ0n) is 26.5. The van der Waals surface area contributed by atoms with Crippen LogP contribution in [0.3, 0.4) is 0 Å². The first kappa shape index (κ1) is 35.7. The van der Waals surface area contributed by atoms with Crippen LogP contribution in [0.2, 0.25) is 0 Å². The largest absolute Gasteiger partial charge is 0.286 e. The second-order valence-corrected chi connectivity index (χ2v) is 21.0. The maximum atomic E-state index is 6.88. The van der Waals surface area contributed by atoms with Crippen LogP contribution in [0.5, 0.6) is 0 Å². The lowest BCUT2D eigenvalue weighted by atomic mass is 9.76. The van der Waals surface area contributed by atoms with Crippen molar-refractivity contribution in [1.29, 1.82) is 0 Å². The second kappa shape index (κ2) is 13.9. The van der Waals surface area contributed by atoms with Crippen molar-refractivity contribution in [2.24, 2.45) is 47.3 Å². The SMILES string of the molecule is ClC1CC2C3NC(NC4NC(NC5NC(NC6NC(N3)C3CC(Cl)C(Cl)CC63)C3CC(Cl)C(Cl)CC53)C3CC(Cl)C(Cl)CC43)C2CC1Cl. The lowest BCUT2D eigenvalue weighted by Gasteiger charge is -2.39. The smallest absolute Gasteiger partial charge is 0.0629 e. The molecule has 4 aliphatic carbocycles. The highest BCUT2D eigenvalue weighted by atomic mass is 35.5. The second-order valence-electron chi connectivity index (χ2n) is 16.5. The van der Waals surface area contributed by atoms with E-state index in [0.29, 0.717) is 47.3 Å². The summed E-state index contributed by atoms with van der Waals surface area (Å²) in [6.07, 6.45) is 7.35. The highest BCUT2D eigenvalue weighted by molar-refractivity contribution is 6.31. The van der Waals surface area contributed by atoms with Crippen molar-refractivity contribution in [2.75, 3.05) is 0 Å². The summed E-state index contributed by atoms with van der Waals surface area (Å²) in [5.74, 6) is 2.63. The number of hydrogen-bond donors (Lipinski definition) is 8. The van der Waals surface area contributed by atoms with E-state index >= 15 is 0 Å². The van der Waals surface area contributed by atoms with Crippen LogP contribution in [0.15, 0.2) is 0 Å². The van der Waals surface area contributed by atoms with Crippen LogP contribution in [0.25, 0.3) is 0 Å². The van der Waals surface area contributed by atoms with Gasteiger partial charge in [-0.05, 0) is 98.7 Å². The van der Waals surface area contributed by atoms with Crippen LogP contribution in [0, 0.1) is 47.3 Å². The molecule has 9 rings (SSSR count). The highest BCUT2D eigenvalue weighted by Crippen LogP contribution is 2.49. The Kier molecular flexibility index (Phi) is 10.4. The van der Waals surface area contributed by atoms with Crippen molar-refractivity contribution in [3.05, 3.63) is 0 Å². The van der Waals surface area contributed by atoms with Gasteiger partial charge in [-0.2, -0.15) is 0 Å². The van der Waals surface area contributed by atoms with Gasteiger partial charge in [-0.3, -0.25) is 42.5 Å². The monoisotopic (exact) mass is 824 g/mol. The first-order valence-corrected chi connectivity index (χ1v) is 21.7. The molecule has 16 atom stereocenters. The Balaban J connectivity index is 1.07. The molecule has 5 heterocycles. The fourth-order valence-corrected chi connectivity index (χ4v) is 14.1. The van der Waals surface area contributed by atoms with Crippen LogP contribution < -0.4 is 42.5 Å². The summed E-state index contributed by atoms with van der Waals surface area (Å²) in [7, 11) is 0. The third-order valence-corrected chi connectivity index (χ3v) is 18.4. The van der Waals surface area contributed by atoms with Gasteiger partial charge in [-0.25, -0.2) is 0 Å². The Morgan fingerprint density at radius 1 is 0.208 bits per heavy atom. The third kappa shape index (κ3) is 6.27. The predicted molar refractivity (Wildman–Crippen MR) is 197 cm³/mol. The number of alkyl halides is 8. The molecule has 0 radical (unpaired) electrons. The molecular formula is C32H48Cl8N8. The summed E-state index contributed by atoms with van der Waals surface area (Å²) in [6, 6.07) is 0. The summed E-state index contributed by atoms with van der Waals surface area (Å²) < 4.78 is 0. The summed E-state index contributed by atoms with van der Waals surface area (Å²) in [5, 5.41) is 31.9. The molecule has 48 heavy (non-hydrogen) atoms. The Hall–Kier alpha value is 2.00. The first-order chi connectivity index (χ1) is 23.0. The molecule has 16 unspecified atom stereocenters. The van der Waals surface area contributed by atoms with Gasteiger partial charge in [0.1, 0.15) is 0 Å². The molecule has 0 aromatic heterocycles. The lowest BCUT2D eigenvalue weighted by Crippen LogP contribution is -2.61. The van der Waals surface area contributed by atoms with Crippen LogP contribution in [-0.4, -0.2) is 92.3 Å². The van der Waals surface area contributed by atoms with Gasteiger partial charge in [0.25, 0.3) is 0 Å². The molecule has 8 bridgehead atoms. The fraction of sp³-hybridized carbons (Fsp3) is 1.00. The van der Waals surface area contributed by atoms with Crippen molar-refractivity contribution in [2.45, 2.75) is 144 Å². The Morgan fingerprint density at radius 2 is 0.312 bits per heavy atom. The zero-order valence-corrected chi connectivity index (χ0v) is 32.6. The minimum absolute atomic E-state index is 0.0603. The van der Waals surface area contributed by atoms with E-state index in [1.165, 1.54) is 0 Å². The molecule has 0 spiro atoms. The molecule has 8 N–H and O–H groups in total. The first-order valence-electron chi connectivity index (χ1n) is 18.2. The molecule has 272 valence electrons. The van der Waals surface area contributed by atoms with Crippen LogP contribution in [-0.2, 0) is 0 Å². The molecule has 16 heteroatoms. The molecule has 0 amide bonds. The van der Waals surface area contributed by atoms with Crippen molar-refractivity contribution in [1.82, 2.24) is 42.5 Å². The highest BCUT2D eigenvalue weighted by Gasteiger charge is 2.58. The van der Waals surface area contributed by atoms with Crippen LogP contribution >= 0.6 is 92.8 Å². The molecule has 4 saturated carbocycles. The molecule has 5 aliphatic heterocycles. The average Bonchev–Trinajstić information content (AvgIpc) is 3.74. The summed E-state index contributed by atoms with van der Waals surface area (Å²) >= 11 is 55.1. The number of hydrogen-bond acceptors (Lipinski definition) is 8. The van der Waals surface area contributed by atoms with E-state index in [2.05, 4.69) is 42.5 Å². The number of rotatable bonds is 0. The number of nitrogens with one attached hydrogen (secondary N) is 8. The summed E-state index contributed by atoms with van der Waals surface area (Å²) in [4.78, 5) is 0. The van der Waals surface area contributed by atoms with Gasteiger partial charge >= 0.3 is 0 Å². The van der Waals surface area contributed by atoms with Crippen LogP contribution in [0.4, 0.5) is 0 Å². The maximum Gasteiger partial charge on any atom is 0.0629 e. The van der Waals surface area contributed by atoms with Gasteiger partial charge in [-0.15, -0.1) is 92.8 Å². The fourth-order valence-electron chi connectivity index (χ4n) is 11.6. The normalized spacial score (nSPS) is 62.5. The summed E-state index contributed by atoms with van der Waals surface area (Å²) in [5.41, 5.74) is 0. The van der Waals surface area contributed by atoms with Gasteiger partial charge in [0.2, 0.25) is 0 Å². The number of fused-ring (bicyclic) bond motifs is 20. The van der Waals surface area contributed by atoms with Crippen molar-refractivity contribution in [3.63, 3.8) is 0 Å². The van der Waals surface area contributed by atoms with Crippen molar-refractivity contribution >= 4 is 92.8 Å². The number of halogens is 8. The maximum absolute atomic E-state index is 6.88. The molecule has 0 aromatic carbocycles. The van der Waals surface area contributed by atoms with Gasteiger partial charge in [-0.1, -0.05) is 0 Å². The average molecular weight is 828 g/mol. The minimum atomic E-state index is -0.0635. The van der Waals surface area contributed by atoms with E-state index in [-0.39, 0.29) is 92.3 Å². The molecule has 0 aromatic rings. The zero-order chi connectivity index (χ0) is 33.2. The molecule has 5 saturated heterocycles. The van der Waals surface area contributed by atoms with E-state index in [0.717, 1.165) is 51.4 Å². The van der Waals surface area contributed by atoms with Gasteiger partial charge < -0.3 is 0 Å². The van der Waals surface area contributed by atoms with E-state index < -0.39 is 0 Å². The van der Waals surface area contributed by atoms with E-state index in [1.807, 2.05) is 0 Å². The minimum Gasteiger partial charge on any atom is -0.286 e. The molecule has 9 fully saturated rings. The van der Waals surface area contributed by atoms with Crippen molar-refractivity contribution in [3.8, 4) is 0 Å². The van der Waals surface area contributed by atoms with E-state index in [4.69, 9.17) is 92.8 Å². The topological polar surface area (TPSA) is 96.2 Å². The van der Waals surface area contributed by atoms with Gasteiger partial charge in [0, 0.05) is 0 Å². The Labute approximate surface area is 324 Å².